The fourth-order valence-corrected chi connectivity index (χ4v) is 2.54. The van der Waals surface area contributed by atoms with Gasteiger partial charge in [-0.1, -0.05) is 22.8 Å². The Bertz CT molecular complexity index is 806. The van der Waals surface area contributed by atoms with Crippen LogP contribution in [0.1, 0.15) is 16.7 Å². The quantitative estimate of drug-likeness (QED) is 0.405. The Morgan fingerprint density at radius 3 is 2.91 bits per heavy atom. The van der Waals surface area contributed by atoms with Gasteiger partial charge in [-0.25, -0.2) is 18.8 Å². The molecule has 0 saturated carbocycles. The summed E-state index contributed by atoms with van der Waals surface area (Å²) in [6.07, 6.45) is 3.77. The number of halogens is 3. The molecule has 2 heterocycles. The van der Waals surface area contributed by atoms with Gasteiger partial charge in [0, 0.05) is 36.4 Å². The predicted octanol–water partition coefficient (Wildman–Crippen LogP) is 3.69. The molecule has 1 aliphatic heterocycles. The number of benzene rings is 1. The van der Waals surface area contributed by atoms with Crippen LogP contribution in [0.5, 0.6) is 0 Å². The maximum absolute atomic E-state index is 14.0. The van der Waals surface area contributed by atoms with Crippen molar-refractivity contribution in [2.75, 3.05) is 0 Å². The van der Waals surface area contributed by atoms with Gasteiger partial charge in [0.25, 0.3) is 0 Å². The number of oxime groups is 1. The fraction of sp³-hybridized carbons (Fsp3) is 0.133. The monoisotopic (exact) mass is 321 g/mol. The van der Waals surface area contributed by atoms with E-state index in [1.54, 1.807) is 12.3 Å². The van der Waals surface area contributed by atoms with Crippen molar-refractivity contribution < 1.29 is 14.0 Å². The van der Waals surface area contributed by atoms with Gasteiger partial charge in [0.2, 0.25) is 0 Å². The molecule has 0 bridgehead atoms. The van der Waals surface area contributed by atoms with Crippen molar-refractivity contribution in [2.45, 2.75) is 12.8 Å². The van der Waals surface area contributed by atoms with Crippen LogP contribution in [0.2, 0.25) is 5.02 Å². The summed E-state index contributed by atoms with van der Waals surface area (Å²) in [5.74, 6) is -1.13. The van der Waals surface area contributed by atoms with Crippen LogP contribution in [0.15, 0.2) is 34.5 Å². The van der Waals surface area contributed by atoms with E-state index in [4.69, 9.17) is 11.6 Å². The molecule has 1 aromatic carbocycles. The van der Waals surface area contributed by atoms with E-state index in [2.05, 4.69) is 15.1 Å². The highest BCUT2D eigenvalue weighted by Crippen LogP contribution is 2.27. The van der Waals surface area contributed by atoms with Crippen LogP contribution in [0, 0.1) is 11.6 Å². The summed E-state index contributed by atoms with van der Waals surface area (Å²) in [4.78, 5) is 8.22. The maximum atomic E-state index is 14.0. The third-order valence-electron chi connectivity index (χ3n) is 3.45. The normalized spacial score (nSPS) is 13.5. The lowest BCUT2D eigenvalue weighted by atomic mass is 9.97. The molecule has 112 valence electrons. The minimum Gasteiger partial charge on any atom is -0.411 e. The standard InChI is InChI=1S/C15H10ClF2N3O/c16-13-11(17)2-1-8(14(13)18)7-12(21-22)9-3-5-19-15-10(9)4-6-20-15/h1-3,5-6,22H,4,7H2/b21-12+. The van der Waals surface area contributed by atoms with Gasteiger partial charge in [-0.15, -0.1) is 0 Å². The Morgan fingerprint density at radius 2 is 2.14 bits per heavy atom. The van der Waals surface area contributed by atoms with Crippen molar-refractivity contribution in [1.29, 1.82) is 0 Å². The van der Waals surface area contributed by atoms with E-state index in [0.29, 0.717) is 17.8 Å². The van der Waals surface area contributed by atoms with E-state index in [0.717, 1.165) is 11.6 Å². The van der Waals surface area contributed by atoms with E-state index in [1.807, 2.05) is 0 Å². The molecule has 2 aromatic rings. The number of aliphatic imine (C=N–C) groups is 1. The summed E-state index contributed by atoms with van der Waals surface area (Å²) in [5.41, 5.74) is 1.82. The Kier molecular flexibility index (Phi) is 3.85. The smallest absolute Gasteiger partial charge is 0.155 e. The Morgan fingerprint density at radius 1 is 1.32 bits per heavy atom. The van der Waals surface area contributed by atoms with E-state index in [-0.39, 0.29) is 17.7 Å². The predicted molar refractivity (Wildman–Crippen MR) is 79.5 cm³/mol. The summed E-state index contributed by atoms with van der Waals surface area (Å²) in [6, 6.07) is 4.03. The average molecular weight is 322 g/mol. The van der Waals surface area contributed by atoms with Crippen molar-refractivity contribution in [3.8, 4) is 0 Å². The largest absolute Gasteiger partial charge is 0.411 e. The molecule has 0 spiro atoms. The van der Waals surface area contributed by atoms with Gasteiger partial charge in [0.1, 0.15) is 16.7 Å². The zero-order chi connectivity index (χ0) is 15.7. The second-order valence-electron chi connectivity index (χ2n) is 4.73. The van der Waals surface area contributed by atoms with Crippen molar-refractivity contribution in [3.63, 3.8) is 0 Å². The van der Waals surface area contributed by atoms with Crippen LogP contribution in [0.4, 0.5) is 14.6 Å². The van der Waals surface area contributed by atoms with E-state index >= 15 is 0 Å². The summed E-state index contributed by atoms with van der Waals surface area (Å²) >= 11 is 5.57. The van der Waals surface area contributed by atoms with Gasteiger partial charge in [-0.3, -0.25) is 0 Å². The number of aromatic nitrogens is 1. The van der Waals surface area contributed by atoms with Crippen LogP contribution >= 0.6 is 11.6 Å². The molecule has 1 N–H and O–H groups in total. The molecule has 0 saturated heterocycles. The highest BCUT2D eigenvalue weighted by molar-refractivity contribution is 6.31. The van der Waals surface area contributed by atoms with Gasteiger partial charge in [-0.05, 0) is 17.7 Å². The molecule has 0 fully saturated rings. The number of rotatable bonds is 3. The Hall–Kier alpha value is -2.34. The first-order chi connectivity index (χ1) is 10.6. The zero-order valence-corrected chi connectivity index (χ0v) is 12.0. The summed E-state index contributed by atoms with van der Waals surface area (Å²) in [6.45, 7) is 0. The molecular weight excluding hydrogens is 312 g/mol. The van der Waals surface area contributed by atoms with Crippen LogP contribution in [-0.4, -0.2) is 22.1 Å². The first kappa shape index (κ1) is 14.6. The third-order valence-corrected chi connectivity index (χ3v) is 3.79. The zero-order valence-electron chi connectivity index (χ0n) is 11.2. The highest BCUT2D eigenvalue weighted by atomic mass is 35.5. The molecule has 1 aliphatic rings. The molecular formula is C15H10ClF2N3O. The van der Waals surface area contributed by atoms with Gasteiger partial charge >= 0.3 is 0 Å². The summed E-state index contributed by atoms with van der Waals surface area (Å²) in [7, 11) is 0. The molecule has 0 radical (unpaired) electrons. The van der Waals surface area contributed by atoms with Crippen molar-refractivity contribution in [2.24, 2.45) is 10.1 Å². The number of pyridine rings is 1. The van der Waals surface area contributed by atoms with E-state index < -0.39 is 16.7 Å². The lowest BCUT2D eigenvalue weighted by Gasteiger charge is -2.10. The van der Waals surface area contributed by atoms with Crippen LogP contribution in [-0.2, 0) is 12.8 Å². The maximum Gasteiger partial charge on any atom is 0.155 e. The minimum atomic E-state index is -0.857. The van der Waals surface area contributed by atoms with Crippen LogP contribution in [0.3, 0.4) is 0 Å². The molecule has 0 aliphatic carbocycles. The molecule has 1 aromatic heterocycles. The fourth-order valence-electron chi connectivity index (χ4n) is 2.35. The van der Waals surface area contributed by atoms with E-state index in [9.17, 15) is 14.0 Å². The van der Waals surface area contributed by atoms with Gasteiger partial charge in [-0.2, -0.15) is 0 Å². The highest BCUT2D eigenvalue weighted by Gasteiger charge is 2.20. The first-order valence-electron chi connectivity index (χ1n) is 6.46. The molecule has 0 amide bonds. The van der Waals surface area contributed by atoms with Crippen LogP contribution < -0.4 is 0 Å². The van der Waals surface area contributed by atoms with Crippen molar-refractivity contribution >= 4 is 29.3 Å². The number of nitrogens with zero attached hydrogens (tertiary/aromatic N) is 3. The third kappa shape index (κ3) is 2.46. The molecule has 7 heteroatoms. The molecule has 4 nitrogen and oxygen atoms in total. The Labute approximate surface area is 129 Å². The first-order valence-corrected chi connectivity index (χ1v) is 6.83. The second kappa shape index (κ2) is 5.81. The molecule has 0 unspecified atom stereocenters. The van der Waals surface area contributed by atoms with Crippen molar-refractivity contribution in [1.82, 2.24) is 4.98 Å². The number of hydrogen-bond acceptors (Lipinski definition) is 4. The number of hydrogen-bond donors (Lipinski definition) is 1. The Balaban J connectivity index is 1.98. The second-order valence-corrected chi connectivity index (χ2v) is 5.11. The lowest BCUT2D eigenvalue weighted by molar-refractivity contribution is 0.318. The molecule has 22 heavy (non-hydrogen) atoms. The van der Waals surface area contributed by atoms with Crippen LogP contribution in [0.25, 0.3) is 0 Å². The minimum absolute atomic E-state index is 0.0290. The average Bonchev–Trinajstić information content (AvgIpc) is 3.01. The van der Waals surface area contributed by atoms with E-state index in [1.165, 1.54) is 12.3 Å². The van der Waals surface area contributed by atoms with Gasteiger partial charge < -0.3 is 5.21 Å². The molecule has 3 rings (SSSR count). The van der Waals surface area contributed by atoms with Gasteiger partial charge in [0.05, 0.1) is 5.71 Å². The van der Waals surface area contributed by atoms with Gasteiger partial charge in [0.15, 0.2) is 5.82 Å². The summed E-state index contributed by atoms with van der Waals surface area (Å²) < 4.78 is 27.2. The van der Waals surface area contributed by atoms with Crippen molar-refractivity contribution in [3.05, 3.63) is 57.7 Å². The number of fused-ring (bicyclic) bond motifs is 1. The summed E-state index contributed by atoms with van der Waals surface area (Å²) in [5, 5.41) is 12.0. The lowest BCUT2D eigenvalue weighted by Crippen LogP contribution is -2.10. The SMILES string of the molecule is O/N=C(\Cc1ccc(F)c(Cl)c1F)c1ccnc2c1CC=N2. The molecule has 0 atom stereocenters. The topological polar surface area (TPSA) is 57.8 Å².